The van der Waals surface area contributed by atoms with Gasteiger partial charge in [-0.1, -0.05) is 88.6 Å². The van der Waals surface area contributed by atoms with Crippen molar-refractivity contribution < 1.29 is 0 Å². The SMILES string of the molecule is CC1=C(C)C(Cc2c(C)cccc2C)([SiH2]c2cc(C)cc(C)c2)C(c2ccccc2)=C1C. The third-order valence-corrected chi connectivity index (χ3v) is 10.2. The van der Waals surface area contributed by atoms with Crippen LogP contribution >= 0.6 is 0 Å². The van der Waals surface area contributed by atoms with Gasteiger partial charge in [0.1, 0.15) is 0 Å². The third kappa shape index (κ3) is 3.95. The largest absolute Gasteiger partial charge is 0.0718 e. The molecule has 4 rings (SSSR count). The van der Waals surface area contributed by atoms with Crippen molar-refractivity contribution in [1.29, 1.82) is 0 Å². The van der Waals surface area contributed by atoms with Gasteiger partial charge >= 0.3 is 0 Å². The Kier molecular flexibility index (Phi) is 6.14. The molecule has 1 atom stereocenters. The van der Waals surface area contributed by atoms with Crippen molar-refractivity contribution in [2.45, 2.75) is 59.9 Å². The summed E-state index contributed by atoms with van der Waals surface area (Å²) in [5.74, 6) is 0. The summed E-state index contributed by atoms with van der Waals surface area (Å²) in [5, 5.41) is 1.66. The fourth-order valence-corrected chi connectivity index (χ4v) is 9.02. The molecular formula is C31H36Si. The fourth-order valence-electron chi connectivity index (χ4n) is 5.93. The van der Waals surface area contributed by atoms with E-state index in [0.29, 0.717) is 0 Å². The topological polar surface area (TPSA) is 0 Å². The molecule has 1 unspecified atom stereocenters. The maximum absolute atomic E-state index is 2.45. The number of benzene rings is 3. The zero-order chi connectivity index (χ0) is 23.0. The van der Waals surface area contributed by atoms with Crippen LogP contribution in [0.25, 0.3) is 5.57 Å². The molecule has 0 fully saturated rings. The Morgan fingerprint density at radius 1 is 0.656 bits per heavy atom. The molecular weight excluding hydrogens is 400 g/mol. The highest BCUT2D eigenvalue weighted by atomic mass is 28.2. The molecule has 0 bridgehead atoms. The highest BCUT2D eigenvalue weighted by Gasteiger charge is 2.44. The minimum Gasteiger partial charge on any atom is -0.0650 e. The van der Waals surface area contributed by atoms with E-state index in [1.165, 1.54) is 44.5 Å². The first-order valence-electron chi connectivity index (χ1n) is 11.8. The van der Waals surface area contributed by atoms with E-state index in [-0.39, 0.29) is 5.04 Å². The quantitative estimate of drug-likeness (QED) is 0.380. The summed E-state index contributed by atoms with van der Waals surface area (Å²) in [6, 6.07) is 25.1. The standard InChI is InChI=1S/C31H36Si/c1-20-16-21(2)18-28(17-20)32-31(19-29-22(3)12-11-13-23(29)4)26(7)24(5)25(6)30(31)27-14-9-8-10-15-27/h8-18H,19,32H2,1-7H3. The van der Waals surface area contributed by atoms with Gasteiger partial charge < -0.3 is 0 Å². The van der Waals surface area contributed by atoms with Crippen molar-refractivity contribution in [2.75, 3.05) is 0 Å². The number of aryl methyl sites for hydroxylation is 4. The van der Waals surface area contributed by atoms with Gasteiger partial charge in [0.15, 0.2) is 0 Å². The molecule has 32 heavy (non-hydrogen) atoms. The van der Waals surface area contributed by atoms with Gasteiger partial charge in [0.05, 0.1) is 9.52 Å². The van der Waals surface area contributed by atoms with Gasteiger partial charge in [0.2, 0.25) is 0 Å². The molecule has 0 saturated heterocycles. The number of hydrogen-bond donors (Lipinski definition) is 0. The summed E-state index contributed by atoms with van der Waals surface area (Å²) in [5.41, 5.74) is 14.7. The molecule has 1 aliphatic carbocycles. The highest BCUT2D eigenvalue weighted by molar-refractivity contribution is 6.61. The summed E-state index contributed by atoms with van der Waals surface area (Å²) >= 11 is 0. The van der Waals surface area contributed by atoms with Crippen LogP contribution in [0.4, 0.5) is 0 Å². The minimum absolute atomic E-state index is 0.0899. The normalized spacial score (nSPS) is 19.0. The first kappa shape index (κ1) is 22.5. The van der Waals surface area contributed by atoms with Gasteiger partial charge in [-0.2, -0.15) is 0 Å². The number of hydrogen-bond acceptors (Lipinski definition) is 0. The van der Waals surface area contributed by atoms with Crippen LogP contribution in [0.2, 0.25) is 5.04 Å². The maximum atomic E-state index is 2.45. The van der Waals surface area contributed by atoms with E-state index >= 15 is 0 Å². The average Bonchev–Trinajstić information content (AvgIpc) is 2.92. The average molecular weight is 437 g/mol. The van der Waals surface area contributed by atoms with Gasteiger partial charge in [-0.05, 0) is 93.9 Å². The second-order valence-electron chi connectivity index (χ2n) is 9.92. The zero-order valence-electron chi connectivity index (χ0n) is 20.8. The lowest BCUT2D eigenvalue weighted by molar-refractivity contribution is 0.787. The summed E-state index contributed by atoms with van der Waals surface area (Å²) < 4.78 is 0. The van der Waals surface area contributed by atoms with Crippen LogP contribution in [0, 0.1) is 27.7 Å². The van der Waals surface area contributed by atoms with Crippen LogP contribution < -0.4 is 5.19 Å². The molecule has 0 nitrogen and oxygen atoms in total. The molecule has 3 aromatic carbocycles. The maximum Gasteiger partial charge on any atom is 0.0718 e. The van der Waals surface area contributed by atoms with Gasteiger partial charge in [-0.25, -0.2) is 0 Å². The Balaban J connectivity index is 1.98. The summed E-state index contributed by atoms with van der Waals surface area (Å²) in [4.78, 5) is 0. The Morgan fingerprint density at radius 2 is 1.25 bits per heavy atom. The van der Waals surface area contributed by atoms with Crippen LogP contribution in [0.5, 0.6) is 0 Å². The van der Waals surface area contributed by atoms with E-state index in [1.807, 2.05) is 0 Å². The fraction of sp³-hybridized carbons (Fsp3) is 0.290. The molecule has 0 radical (unpaired) electrons. The number of allylic oxidation sites excluding steroid dienone is 4. The van der Waals surface area contributed by atoms with Gasteiger partial charge in [0, 0.05) is 5.04 Å². The molecule has 0 aliphatic heterocycles. The molecule has 1 aliphatic rings. The Hall–Kier alpha value is -2.64. The Labute approximate surface area is 196 Å². The summed E-state index contributed by atoms with van der Waals surface area (Å²) in [6.45, 7) is 16.2. The Bertz CT molecular complexity index is 1190. The van der Waals surface area contributed by atoms with Crippen LogP contribution in [-0.4, -0.2) is 9.52 Å². The van der Waals surface area contributed by atoms with Crippen molar-refractivity contribution in [3.05, 3.63) is 117 Å². The van der Waals surface area contributed by atoms with Crippen molar-refractivity contribution >= 4 is 20.3 Å². The van der Waals surface area contributed by atoms with E-state index in [2.05, 4.69) is 115 Å². The smallest absolute Gasteiger partial charge is 0.0650 e. The molecule has 0 spiro atoms. The second kappa shape index (κ2) is 8.71. The van der Waals surface area contributed by atoms with Crippen LogP contribution in [0.3, 0.4) is 0 Å². The van der Waals surface area contributed by atoms with E-state index in [0.717, 1.165) is 6.42 Å². The first-order chi connectivity index (χ1) is 15.2. The summed E-state index contributed by atoms with van der Waals surface area (Å²) in [7, 11) is -0.678. The van der Waals surface area contributed by atoms with Gasteiger partial charge in [0.25, 0.3) is 0 Å². The van der Waals surface area contributed by atoms with Gasteiger partial charge in [-0.15, -0.1) is 0 Å². The van der Waals surface area contributed by atoms with Crippen molar-refractivity contribution in [1.82, 2.24) is 0 Å². The van der Waals surface area contributed by atoms with E-state index in [1.54, 1.807) is 16.3 Å². The molecule has 3 aromatic rings. The van der Waals surface area contributed by atoms with E-state index in [4.69, 9.17) is 0 Å². The second-order valence-corrected chi connectivity index (χ2v) is 12.3. The zero-order valence-corrected chi connectivity index (χ0v) is 22.2. The van der Waals surface area contributed by atoms with E-state index < -0.39 is 9.52 Å². The predicted octanol–water partition coefficient (Wildman–Crippen LogP) is 6.94. The monoisotopic (exact) mass is 436 g/mol. The lowest BCUT2D eigenvalue weighted by Gasteiger charge is -2.37. The molecule has 0 amide bonds. The lowest BCUT2D eigenvalue weighted by atomic mass is 9.82. The minimum atomic E-state index is -0.678. The molecule has 0 heterocycles. The number of rotatable bonds is 5. The summed E-state index contributed by atoms with van der Waals surface area (Å²) in [6.07, 6.45) is 1.09. The molecule has 164 valence electrons. The molecule has 0 aromatic heterocycles. The molecule has 0 N–H and O–H groups in total. The first-order valence-corrected chi connectivity index (χ1v) is 13.2. The van der Waals surface area contributed by atoms with Crippen molar-refractivity contribution in [3.63, 3.8) is 0 Å². The van der Waals surface area contributed by atoms with Crippen molar-refractivity contribution in [3.8, 4) is 0 Å². The predicted molar refractivity (Wildman–Crippen MR) is 144 cm³/mol. The van der Waals surface area contributed by atoms with Crippen LogP contribution in [0.1, 0.15) is 54.2 Å². The van der Waals surface area contributed by atoms with E-state index in [9.17, 15) is 0 Å². The highest BCUT2D eigenvalue weighted by Crippen LogP contribution is 2.58. The third-order valence-electron chi connectivity index (χ3n) is 7.67. The van der Waals surface area contributed by atoms with Gasteiger partial charge in [-0.3, -0.25) is 0 Å². The van der Waals surface area contributed by atoms with Crippen LogP contribution in [0.15, 0.2) is 83.4 Å². The van der Waals surface area contributed by atoms with Crippen LogP contribution in [-0.2, 0) is 6.42 Å². The molecule has 1 heteroatoms. The van der Waals surface area contributed by atoms with Crippen molar-refractivity contribution in [2.24, 2.45) is 0 Å². The molecule has 0 saturated carbocycles. The lowest BCUT2D eigenvalue weighted by Crippen LogP contribution is -2.34. The Morgan fingerprint density at radius 3 is 1.84 bits per heavy atom.